The van der Waals surface area contributed by atoms with E-state index in [1.165, 1.54) is 6.08 Å². The first-order valence-corrected chi connectivity index (χ1v) is 11.9. The van der Waals surface area contributed by atoms with Crippen molar-refractivity contribution in [3.8, 4) is 11.1 Å². The summed E-state index contributed by atoms with van der Waals surface area (Å²) in [6, 6.07) is 7.35. The Morgan fingerprint density at radius 3 is 2.68 bits per heavy atom. The molecule has 37 heavy (non-hydrogen) atoms. The summed E-state index contributed by atoms with van der Waals surface area (Å²) in [7, 11) is 0. The van der Waals surface area contributed by atoms with Gasteiger partial charge in [0.25, 0.3) is 0 Å². The third kappa shape index (κ3) is 5.71. The topological polar surface area (TPSA) is 63.1 Å². The van der Waals surface area contributed by atoms with E-state index in [1.54, 1.807) is 42.9 Å². The van der Waals surface area contributed by atoms with Crippen molar-refractivity contribution < 1.29 is 26.7 Å². The summed E-state index contributed by atoms with van der Waals surface area (Å²) in [5, 5.41) is 7.14. The molecular formula is C26H24F5N5O. The zero-order valence-corrected chi connectivity index (χ0v) is 19.7. The number of nitrogens with zero attached hydrogens (tertiary/aromatic N) is 4. The number of anilines is 1. The summed E-state index contributed by atoms with van der Waals surface area (Å²) in [6.07, 6.45) is 7.07. The highest BCUT2D eigenvalue weighted by Gasteiger charge is 2.58. The maximum atomic E-state index is 13.5. The molecule has 2 aromatic heterocycles. The summed E-state index contributed by atoms with van der Waals surface area (Å²) in [5.74, 6) is -5.21. The number of nitrogens with one attached hydrogen (secondary N) is 1. The standard InChI is InChI=1S/C26H24F5N5O/c27-25(28,26(29,30)31)16-35-10-8-17-1-3-21(11-19(17)14-35)34-24(37)6-2-18-12-32-9-7-23(18)20-13-33-36(15-20)22-4-5-22/h1-3,6-7,9,11-13,15,22H,4-5,8,10,14,16H2,(H,34,37)/b6-2+. The van der Waals surface area contributed by atoms with Crippen LogP contribution in [0.25, 0.3) is 17.2 Å². The third-order valence-corrected chi connectivity index (χ3v) is 6.50. The normalized spacial score (nSPS) is 16.7. The van der Waals surface area contributed by atoms with Crippen LogP contribution in [-0.2, 0) is 17.8 Å². The lowest BCUT2D eigenvalue weighted by Gasteiger charge is -2.32. The second-order valence-corrected chi connectivity index (χ2v) is 9.37. The Balaban J connectivity index is 1.25. The van der Waals surface area contributed by atoms with Gasteiger partial charge in [-0.2, -0.15) is 27.1 Å². The van der Waals surface area contributed by atoms with Crippen molar-refractivity contribution in [2.24, 2.45) is 0 Å². The molecule has 1 aliphatic heterocycles. The van der Waals surface area contributed by atoms with Gasteiger partial charge < -0.3 is 5.32 Å². The van der Waals surface area contributed by atoms with Crippen LogP contribution >= 0.6 is 0 Å². The van der Waals surface area contributed by atoms with E-state index in [2.05, 4.69) is 15.4 Å². The average Bonchev–Trinajstić information content (AvgIpc) is 3.58. The largest absolute Gasteiger partial charge is 0.454 e. The van der Waals surface area contributed by atoms with Gasteiger partial charge >= 0.3 is 12.1 Å². The van der Waals surface area contributed by atoms with Crippen LogP contribution in [0.15, 0.2) is 55.1 Å². The number of carbonyl (C=O) groups is 1. The minimum absolute atomic E-state index is 0.0614. The second kappa shape index (κ2) is 9.70. The summed E-state index contributed by atoms with van der Waals surface area (Å²) in [4.78, 5) is 17.8. The molecule has 3 aromatic rings. The number of fused-ring (bicyclic) bond motifs is 1. The number of halogens is 5. The summed E-state index contributed by atoms with van der Waals surface area (Å²) in [5.41, 5.74) is 4.43. The van der Waals surface area contributed by atoms with Gasteiger partial charge in [-0.1, -0.05) is 6.07 Å². The second-order valence-electron chi connectivity index (χ2n) is 9.37. The molecule has 0 atom stereocenters. The summed E-state index contributed by atoms with van der Waals surface area (Å²) < 4.78 is 66.8. The molecule has 0 unspecified atom stereocenters. The van der Waals surface area contributed by atoms with Crippen molar-refractivity contribution in [1.29, 1.82) is 0 Å². The van der Waals surface area contributed by atoms with E-state index in [1.807, 2.05) is 16.9 Å². The zero-order valence-electron chi connectivity index (χ0n) is 19.7. The molecule has 194 valence electrons. The van der Waals surface area contributed by atoms with Crippen LogP contribution in [0.5, 0.6) is 0 Å². The fourth-order valence-electron chi connectivity index (χ4n) is 4.37. The number of amides is 1. The molecule has 0 saturated heterocycles. The molecule has 1 aliphatic carbocycles. The van der Waals surface area contributed by atoms with Crippen molar-refractivity contribution in [2.75, 3.05) is 18.4 Å². The molecule has 0 radical (unpaired) electrons. The first kappa shape index (κ1) is 25.1. The molecule has 3 heterocycles. The van der Waals surface area contributed by atoms with Gasteiger partial charge in [-0.25, -0.2) is 0 Å². The fraction of sp³-hybridized carbons (Fsp3) is 0.346. The van der Waals surface area contributed by atoms with E-state index in [0.29, 0.717) is 23.7 Å². The molecule has 1 amide bonds. The molecule has 1 fully saturated rings. The highest BCUT2D eigenvalue weighted by atomic mass is 19.4. The molecule has 0 bridgehead atoms. The van der Waals surface area contributed by atoms with Crippen molar-refractivity contribution in [3.05, 3.63) is 71.8 Å². The van der Waals surface area contributed by atoms with E-state index >= 15 is 0 Å². The Kier molecular flexibility index (Phi) is 6.57. The van der Waals surface area contributed by atoms with Crippen LogP contribution in [0.1, 0.15) is 35.6 Å². The van der Waals surface area contributed by atoms with Gasteiger partial charge in [0, 0.05) is 54.6 Å². The number of rotatable bonds is 7. The number of alkyl halides is 5. The van der Waals surface area contributed by atoms with Gasteiger partial charge in [0.15, 0.2) is 0 Å². The molecule has 1 saturated carbocycles. The minimum atomic E-state index is -5.60. The maximum absolute atomic E-state index is 13.5. The maximum Gasteiger partial charge on any atom is 0.454 e. The van der Waals surface area contributed by atoms with Crippen LogP contribution in [-0.4, -0.2) is 50.8 Å². The van der Waals surface area contributed by atoms with E-state index in [4.69, 9.17) is 0 Å². The lowest BCUT2D eigenvalue weighted by molar-refractivity contribution is -0.287. The lowest BCUT2D eigenvalue weighted by atomic mass is 9.98. The smallest absolute Gasteiger partial charge is 0.323 e. The SMILES string of the molecule is O=C(/C=C/c1cnccc1-c1cnn(C2CC2)c1)Nc1ccc2c(c1)CN(CC(F)(F)C(F)(F)F)CC2. The number of pyridine rings is 1. The van der Waals surface area contributed by atoms with Crippen molar-refractivity contribution in [2.45, 2.75) is 43.9 Å². The fourth-order valence-corrected chi connectivity index (χ4v) is 4.37. The summed E-state index contributed by atoms with van der Waals surface area (Å²) in [6.45, 7) is -1.36. The molecule has 1 aromatic carbocycles. The van der Waals surface area contributed by atoms with Gasteiger partial charge in [-0.05, 0) is 60.2 Å². The highest BCUT2D eigenvalue weighted by Crippen LogP contribution is 2.37. The van der Waals surface area contributed by atoms with Crippen molar-refractivity contribution in [1.82, 2.24) is 19.7 Å². The van der Waals surface area contributed by atoms with E-state index in [-0.39, 0.29) is 13.1 Å². The van der Waals surface area contributed by atoms with E-state index in [0.717, 1.165) is 40.0 Å². The monoisotopic (exact) mass is 517 g/mol. The Hall–Kier alpha value is -3.60. The summed E-state index contributed by atoms with van der Waals surface area (Å²) >= 11 is 0. The Labute approximate surface area is 209 Å². The molecule has 6 nitrogen and oxygen atoms in total. The molecule has 2 aliphatic rings. The number of benzene rings is 1. The number of hydrogen-bond acceptors (Lipinski definition) is 4. The zero-order chi connectivity index (χ0) is 26.2. The van der Waals surface area contributed by atoms with Crippen LogP contribution in [0.4, 0.5) is 27.6 Å². The van der Waals surface area contributed by atoms with Gasteiger partial charge in [-0.15, -0.1) is 0 Å². The molecule has 1 N–H and O–H groups in total. The molecule has 5 rings (SSSR count). The van der Waals surface area contributed by atoms with Gasteiger partial charge in [-0.3, -0.25) is 19.4 Å². The van der Waals surface area contributed by atoms with Gasteiger partial charge in [0.1, 0.15) is 0 Å². The highest BCUT2D eigenvalue weighted by molar-refractivity contribution is 6.02. The number of aromatic nitrogens is 3. The quantitative estimate of drug-likeness (QED) is 0.333. The van der Waals surface area contributed by atoms with Crippen molar-refractivity contribution >= 4 is 17.7 Å². The lowest BCUT2D eigenvalue weighted by Crippen LogP contribution is -2.48. The Morgan fingerprint density at radius 1 is 1.11 bits per heavy atom. The first-order valence-electron chi connectivity index (χ1n) is 11.9. The molecular weight excluding hydrogens is 493 g/mol. The minimum Gasteiger partial charge on any atom is -0.323 e. The van der Waals surface area contributed by atoms with E-state index in [9.17, 15) is 26.7 Å². The van der Waals surface area contributed by atoms with Gasteiger partial charge in [0.05, 0.1) is 18.8 Å². The van der Waals surface area contributed by atoms with Crippen LogP contribution in [0.3, 0.4) is 0 Å². The van der Waals surface area contributed by atoms with Crippen LogP contribution in [0, 0.1) is 0 Å². The Bertz CT molecular complexity index is 1330. The predicted molar refractivity (Wildman–Crippen MR) is 128 cm³/mol. The molecule has 0 spiro atoms. The van der Waals surface area contributed by atoms with Gasteiger partial charge in [0.2, 0.25) is 5.91 Å². The number of carbonyl (C=O) groups excluding carboxylic acids is 1. The number of hydrogen-bond donors (Lipinski definition) is 1. The first-order chi connectivity index (χ1) is 17.6. The molecule has 11 heteroatoms. The van der Waals surface area contributed by atoms with Crippen molar-refractivity contribution in [3.63, 3.8) is 0 Å². The Morgan fingerprint density at radius 2 is 1.92 bits per heavy atom. The predicted octanol–water partition coefficient (Wildman–Crippen LogP) is 5.49. The van der Waals surface area contributed by atoms with E-state index < -0.39 is 24.6 Å². The van der Waals surface area contributed by atoms with Crippen LogP contribution < -0.4 is 5.32 Å². The van der Waals surface area contributed by atoms with Crippen LogP contribution in [0.2, 0.25) is 0 Å². The average molecular weight is 518 g/mol. The third-order valence-electron chi connectivity index (χ3n) is 6.50.